The summed E-state index contributed by atoms with van der Waals surface area (Å²) >= 11 is 0. The van der Waals surface area contributed by atoms with Crippen molar-refractivity contribution in [1.82, 2.24) is 9.78 Å². The predicted molar refractivity (Wildman–Crippen MR) is 86.1 cm³/mol. The molecule has 22 heavy (non-hydrogen) atoms. The van der Waals surface area contributed by atoms with Gasteiger partial charge in [0.15, 0.2) is 5.78 Å². The molecule has 1 N–H and O–H groups in total. The summed E-state index contributed by atoms with van der Waals surface area (Å²) in [5.74, 6) is -0.118. The number of aromatic nitrogens is 2. The minimum Gasteiger partial charge on any atom is -0.326 e. The van der Waals surface area contributed by atoms with Crippen LogP contribution in [0, 0.1) is 13.8 Å². The Kier molecular flexibility index (Phi) is 4.75. The molecular weight excluding hydrogens is 278 g/mol. The second-order valence-electron chi connectivity index (χ2n) is 5.61. The van der Waals surface area contributed by atoms with Crippen LogP contribution in [0.1, 0.15) is 48.1 Å². The van der Waals surface area contributed by atoms with E-state index in [1.165, 1.54) is 6.92 Å². The second-order valence-corrected chi connectivity index (χ2v) is 5.61. The van der Waals surface area contributed by atoms with Gasteiger partial charge in [-0.2, -0.15) is 5.10 Å². The van der Waals surface area contributed by atoms with Crippen molar-refractivity contribution in [2.24, 2.45) is 0 Å². The van der Waals surface area contributed by atoms with Gasteiger partial charge in [-0.3, -0.25) is 14.3 Å². The van der Waals surface area contributed by atoms with Crippen LogP contribution >= 0.6 is 0 Å². The third-order valence-corrected chi connectivity index (χ3v) is 3.50. The van der Waals surface area contributed by atoms with Gasteiger partial charge in [0.2, 0.25) is 5.91 Å². The molecule has 0 aliphatic carbocycles. The average Bonchev–Trinajstić information content (AvgIpc) is 2.77. The van der Waals surface area contributed by atoms with Crippen LogP contribution in [0.15, 0.2) is 30.3 Å². The average molecular weight is 299 g/mol. The fraction of sp³-hybridized carbons (Fsp3) is 0.353. The molecule has 5 nitrogen and oxygen atoms in total. The number of aryl methyl sites for hydroxylation is 2. The Labute approximate surface area is 130 Å². The monoisotopic (exact) mass is 299 g/mol. The van der Waals surface area contributed by atoms with Crippen LogP contribution in [0.5, 0.6) is 0 Å². The highest BCUT2D eigenvalue weighted by Gasteiger charge is 2.14. The molecule has 1 aromatic heterocycles. The van der Waals surface area contributed by atoms with Crippen LogP contribution in [0.25, 0.3) is 0 Å². The molecule has 2 rings (SSSR count). The number of hydrogen-bond donors (Lipinski definition) is 1. The lowest BCUT2D eigenvalue weighted by atomic mass is 10.1. The summed E-state index contributed by atoms with van der Waals surface area (Å²) in [6.07, 6.45) is 0.326. The first-order chi connectivity index (χ1) is 10.4. The van der Waals surface area contributed by atoms with Gasteiger partial charge in [-0.15, -0.1) is 0 Å². The zero-order valence-corrected chi connectivity index (χ0v) is 13.4. The maximum atomic E-state index is 12.2. The summed E-state index contributed by atoms with van der Waals surface area (Å²) < 4.78 is 1.86. The smallest absolute Gasteiger partial charge is 0.226 e. The molecular formula is C17H21N3O2. The molecule has 0 spiro atoms. The molecule has 0 fully saturated rings. The first-order valence-corrected chi connectivity index (χ1v) is 7.30. The fourth-order valence-electron chi connectivity index (χ4n) is 2.48. The number of Topliss-reactive ketones (excluding diaryl/α,β-unsaturated/α-hetero) is 1. The molecule has 1 amide bonds. The van der Waals surface area contributed by atoms with Crippen molar-refractivity contribution < 1.29 is 9.59 Å². The number of anilines is 1. The van der Waals surface area contributed by atoms with Gasteiger partial charge in [0.25, 0.3) is 0 Å². The Morgan fingerprint density at radius 1 is 1.27 bits per heavy atom. The van der Waals surface area contributed by atoms with Gasteiger partial charge < -0.3 is 5.32 Å². The Bertz CT molecular complexity index is 704. The van der Waals surface area contributed by atoms with Crippen LogP contribution < -0.4 is 5.32 Å². The highest BCUT2D eigenvalue weighted by Crippen LogP contribution is 2.16. The number of benzene rings is 1. The molecule has 116 valence electrons. The Morgan fingerprint density at radius 3 is 2.59 bits per heavy atom. The van der Waals surface area contributed by atoms with Crippen LogP contribution in [0.4, 0.5) is 5.69 Å². The molecule has 1 atom stereocenters. The number of nitrogens with zero attached hydrogens (tertiary/aromatic N) is 2. The maximum absolute atomic E-state index is 12.2. The summed E-state index contributed by atoms with van der Waals surface area (Å²) in [5, 5.41) is 7.23. The lowest BCUT2D eigenvalue weighted by Crippen LogP contribution is -2.19. The van der Waals surface area contributed by atoms with E-state index < -0.39 is 0 Å². The summed E-state index contributed by atoms with van der Waals surface area (Å²) in [6.45, 7) is 7.38. The fourth-order valence-corrected chi connectivity index (χ4v) is 2.48. The SMILES string of the molecule is CC(=O)c1cccc(NC(=O)CC(C)n2nc(C)cc2C)c1. The third kappa shape index (κ3) is 3.81. The molecule has 0 aliphatic rings. The quantitative estimate of drug-likeness (QED) is 0.862. The Balaban J connectivity index is 2.02. The van der Waals surface area contributed by atoms with E-state index in [0.29, 0.717) is 17.7 Å². The summed E-state index contributed by atoms with van der Waals surface area (Å²) in [6, 6.07) is 8.93. The van der Waals surface area contributed by atoms with E-state index in [2.05, 4.69) is 10.4 Å². The highest BCUT2D eigenvalue weighted by molar-refractivity contribution is 5.97. The van der Waals surface area contributed by atoms with Crippen LogP contribution in [0.2, 0.25) is 0 Å². The minimum absolute atomic E-state index is 0.0212. The van der Waals surface area contributed by atoms with E-state index in [9.17, 15) is 9.59 Å². The lowest BCUT2D eigenvalue weighted by Gasteiger charge is -2.14. The molecule has 0 aliphatic heterocycles. The topological polar surface area (TPSA) is 64.0 Å². The molecule has 0 bridgehead atoms. The van der Waals surface area contributed by atoms with Crippen molar-refractivity contribution in [2.75, 3.05) is 5.32 Å². The molecule has 1 unspecified atom stereocenters. The number of carbonyl (C=O) groups is 2. The van der Waals surface area contributed by atoms with E-state index in [1.54, 1.807) is 24.3 Å². The highest BCUT2D eigenvalue weighted by atomic mass is 16.1. The van der Waals surface area contributed by atoms with Crippen molar-refractivity contribution >= 4 is 17.4 Å². The van der Waals surface area contributed by atoms with Gasteiger partial charge in [0.05, 0.1) is 11.7 Å². The Morgan fingerprint density at radius 2 is 2.00 bits per heavy atom. The molecule has 1 heterocycles. The molecule has 1 aromatic carbocycles. The van der Waals surface area contributed by atoms with E-state index in [1.807, 2.05) is 31.5 Å². The van der Waals surface area contributed by atoms with Crippen LogP contribution in [-0.2, 0) is 4.79 Å². The normalized spacial score (nSPS) is 12.0. The predicted octanol–water partition coefficient (Wildman–Crippen LogP) is 3.29. The second kappa shape index (κ2) is 6.56. The number of carbonyl (C=O) groups excluding carboxylic acids is 2. The van der Waals surface area contributed by atoms with E-state index >= 15 is 0 Å². The zero-order chi connectivity index (χ0) is 16.3. The van der Waals surface area contributed by atoms with Gasteiger partial charge >= 0.3 is 0 Å². The van der Waals surface area contributed by atoms with Gasteiger partial charge in [-0.1, -0.05) is 12.1 Å². The summed E-state index contributed by atoms with van der Waals surface area (Å²) in [7, 11) is 0. The largest absolute Gasteiger partial charge is 0.326 e. The molecule has 0 radical (unpaired) electrons. The van der Waals surface area contributed by atoms with Crippen molar-refractivity contribution in [3.8, 4) is 0 Å². The lowest BCUT2D eigenvalue weighted by molar-refractivity contribution is -0.116. The Hall–Kier alpha value is -2.43. The van der Waals surface area contributed by atoms with E-state index in [-0.39, 0.29) is 17.7 Å². The molecule has 2 aromatic rings. The third-order valence-electron chi connectivity index (χ3n) is 3.50. The molecule has 0 saturated heterocycles. The van der Waals surface area contributed by atoms with Gasteiger partial charge in [0.1, 0.15) is 0 Å². The van der Waals surface area contributed by atoms with Crippen LogP contribution in [-0.4, -0.2) is 21.5 Å². The number of amides is 1. The number of ketones is 1. The van der Waals surface area contributed by atoms with Crippen LogP contribution in [0.3, 0.4) is 0 Å². The maximum Gasteiger partial charge on any atom is 0.226 e. The molecule has 5 heteroatoms. The minimum atomic E-state index is -0.0965. The standard InChI is InChI=1S/C17H21N3O2/c1-11-8-12(2)20(19-11)13(3)9-17(22)18-16-7-5-6-15(10-16)14(4)21/h5-8,10,13H,9H2,1-4H3,(H,18,22). The van der Waals surface area contributed by atoms with Crippen molar-refractivity contribution in [1.29, 1.82) is 0 Å². The molecule has 0 saturated carbocycles. The number of rotatable bonds is 5. The van der Waals surface area contributed by atoms with Gasteiger partial charge in [-0.25, -0.2) is 0 Å². The van der Waals surface area contributed by atoms with E-state index in [4.69, 9.17) is 0 Å². The van der Waals surface area contributed by atoms with Gasteiger partial charge in [0, 0.05) is 23.4 Å². The van der Waals surface area contributed by atoms with Crippen molar-refractivity contribution in [3.63, 3.8) is 0 Å². The number of hydrogen-bond acceptors (Lipinski definition) is 3. The van der Waals surface area contributed by atoms with Crippen molar-refractivity contribution in [2.45, 2.75) is 40.2 Å². The summed E-state index contributed by atoms with van der Waals surface area (Å²) in [4.78, 5) is 23.5. The first kappa shape index (κ1) is 15.9. The van der Waals surface area contributed by atoms with Crippen molar-refractivity contribution in [3.05, 3.63) is 47.3 Å². The summed E-state index contributed by atoms with van der Waals surface area (Å²) in [5.41, 5.74) is 3.21. The van der Waals surface area contributed by atoms with E-state index in [0.717, 1.165) is 11.4 Å². The number of nitrogens with one attached hydrogen (secondary N) is 1. The zero-order valence-electron chi connectivity index (χ0n) is 13.4. The van der Waals surface area contributed by atoms with Gasteiger partial charge in [-0.05, 0) is 45.9 Å². The first-order valence-electron chi connectivity index (χ1n) is 7.30.